The van der Waals surface area contributed by atoms with Crippen LogP contribution in [-0.4, -0.2) is 10.5 Å². The normalized spacial score (nSPS) is 10.7. The number of aromatic nitrogens is 1. The van der Waals surface area contributed by atoms with Crippen LogP contribution in [0.4, 0.5) is 5.69 Å². The van der Waals surface area contributed by atoms with Gasteiger partial charge in [0.1, 0.15) is 0 Å². The van der Waals surface area contributed by atoms with Crippen molar-refractivity contribution in [2.45, 2.75) is 27.3 Å². The van der Waals surface area contributed by atoms with Crippen molar-refractivity contribution in [2.75, 3.05) is 5.32 Å². The molecule has 4 heteroatoms. The van der Waals surface area contributed by atoms with Crippen LogP contribution in [0.5, 0.6) is 0 Å². The summed E-state index contributed by atoms with van der Waals surface area (Å²) >= 11 is 1.74. The van der Waals surface area contributed by atoms with Gasteiger partial charge in [-0.3, -0.25) is 4.79 Å². The van der Waals surface area contributed by atoms with Gasteiger partial charge in [0.2, 0.25) is 0 Å². The van der Waals surface area contributed by atoms with Crippen LogP contribution in [0.3, 0.4) is 0 Å². The van der Waals surface area contributed by atoms with E-state index in [-0.39, 0.29) is 5.91 Å². The predicted molar refractivity (Wildman–Crippen MR) is 96.5 cm³/mol. The first kappa shape index (κ1) is 15.6. The van der Waals surface area contributed by atoms with Crippen LogP contribution in [0, 0.1) is 20.8 Å². The van der Waals surface area contributed by atoms with Gasteiger partial charge in [0.05, 0.1) is 12.1 Å². The van der Waals surface area contributed by atoms with Gasteiger partial charge in [-0.1, -0.05) is 18.2 Å². The number of thiophene rings is 1. The van der Waals surface area contributed by atoms with E-state index in [2.05, 4.69) is 27.4 Å². The van der Waals surface area contributed by atoms with Crippen molar-refractivity contribution < 1.29 is 4.79 Å². The molecule has 0 spiro atoms. The third-order valence-electron chi connectivity index (χ3n) is 3.99. The Morgan fingerprint density at radius 1 is 1.13 bits per heavy atom. The monoisotopic (exact) mass is 324 g/mol. The average Bonchev–Trinajstić information content (AvgIpc) is 3.11. The lowest BCUT2D eigenvalue weighted by atomic mass is 10.2. The van der Waals surface area contributed by atoms with Crippen LogP contribution in [-0.2, 0) is 6.54 Å². The van der Waals surface area contributed by atoms with Gasteiger partial charge in [-0.15, -0.1) is 11.3 Å². The highest BCUT2D eigenvalue weighted by Crippen LogP contribution is 2.20. The number of nitrogens with one attached hydrogen (secondary N) is 1. The SMILES string of the molecule is Cc1cccc(NC(=O)c2cc(C)n(Cc3cccs3)c2C)c1. The number of carbonyl (C=O) groups excluding carboxylic acids is 1. The number of amides is 1. The first-order valence-corrected chi connectivity index (χ1v) is 8.49. The first-order chi connectivity index (χ1) is 11.0. The Morgan fingerprint density at radius 2 is 1.96 bits per heavy atom. The Labute approximate surface area is 140 Å². The Kier molecular flexibility index (Phi) is 4.35. The van der Waals surface area contributed by atoms with Crippen LogP contribution in [0.1, 0.15) is 32.2 Å². The maximum atomic E-state index is 12.6. The smallest absolute Gasteiger partial charge is 0.257 e. The molecule has 1 N–H and O–H groups in total. The first-order valence-electron chi connectivity index (χ1n) is 7.62. The summed E-state index contributed by atoms with van der Waals surface area (Å²) in [6.45, 7) is 6.88. The number of hydrogen-bond donors (Lipinski definition) is 1. The molecule has 0 aliphatic carbocycles. The molecule has 0 saturated heterocycles. The molecule has 1 amide bonds. The molecule has 1 aromatic carbocycles. The van der Waals surface area contributed by atoms with Crippen LogP contribution in [0.2, 0.25) is 0 Å². The fraction of sp³-hybridized carbons (Fsp3) is 0.211. The second-order valence-electron chi connectivity index (χ2n) is 5.77. The summed E-state index contributed by atoms with van der Waals surface area (Å²) in [4.78, 5) is 13.9. The van der Waals surface area contributed by atoms with E-state index < -0.39 is 0 Å². The molecule has 3 aromatic rings. The van der Waals surface area contributed by atoms with E-state index >= 15 is 0 Å². The van der Waals surface area contributed by atoms with Gasteiger partial charge < -0.3 is 9.88 Å². The second-order valence-corrected chi connectivity index (χ2v) is 6.81. The summed E-state index contributed by atoms with van der Waals surface area (Å²) in [7, 11) is 0. The minimum absolute atomic E-state index is 0.0545. The average molecular weight is 324 g/mol. The summed E-state index contributed by atoms with van der Waals surface area (Å²) in [6.07, 6.45) is 0. The van der Waals surface area contributed by atoms with E-state index in [1.54, 1.807) is 11.3 Å². The van der Waals surface area contributed by atoms with Crippen LogP contribution < -0.4 is 5.32 Å². The van der Waals surface area contributed by atoms with Gasteiger partial charge in [-0.05, 0) is 56.0 Å². The summed E-state index contributed by atoms with van der Waals surface area (Å²) in [6, 6.07) is 14.0. The molecule has 2 heterocycles. The zero-order chi connectivity index (χ0) is 16.4. The van der Waals surface area contributed by atoms with Gasteiger partial charge in [0, 0.05) is 22.0 Å². The molecule has 23 heavy (non-hydrogen) atoms. The highest BCUT2D eigenvalue weighted by Gasteiger charge is 2.16. The van der Waals surface area contributed by atoms with Crippen molar-refractivity contribution in [3.8, 4) is 0 Å². The number of rotatable bonds is 4. The summed E-state index contributed by atoms with van der Waals surface area (Å²) < 4.78 is 2.19. The van der Waals surface area contributed by atoms with Crippen molar-refractivity contribution in [3.05, 3.63) is 75.2 Å². The lowest BCUT2D eigenvalue weighted by Gasteiger charge is -2.09. The molecule has 0 bridgehead atoms. The minimum atomic E-state index is -0.0545. The number of nitrogens with zero attached hydrogens (tertiary/aromatic N) is 1. The van der Waals surface area contributed by atoms with Crippen molar-refractivity contribution in [1.29, 1.82) is 0 Å². The lowest BCUT2D eigenvalue weighted by Crippen LogP contribution is -2.13. The van der Waals surface area contributed by atoms with Gasteiger partial charge in [0.15, 0.2) is 0 Å². The largest absolute Gasteiger partial charge is 0.343 e. The quantitative estimate of drug-likeness (QED) is 0.736. The van der Waals surface area contributed by atoms with Crippen molar-refractivity contribution in [2.24, 2.45) is 0 Å². The Hall–Kier alpha value is -2.33. The van der Waals surface area contributed by atoms with Crippen LogP contribution in [0.25, 0.3) is 0 Å². The number of benzene rings is 1. The van der Waals surface area contributed by atoms with Crippen molar-refractivity contribution in [1.82, 2.24) is 4.57 Å². The van der Waals surface area contributed by atoms with E-state index in [9.17, 15) is 4.79 Å². The summed E-state index contributed by atoms with van der Waals surface area (Å²) in [5.41, 5.74) is 4.80. The Bertz CT molecular complexity index is 831. The zero-order valence-corrected chi connectivity index (χ0v) is 14.4. The van der Waals surface area contributed by atoms with E-state index in [0.29, 0.717) is 0 Å². The molecule has 0 aliphatic heterocycles. The molecule has 0 aliphatic rings. The van der Waals surface area contributed by atoms with Crippen molar-refractivity contribution in [3.63, 3.8) is 0 Å². The topological polar surface area (TPSA) is 34.0 Å². The Morgan fingerprint density at radius 3 is 2.65 bits per heavy atom. The zero-order valence-electron chi connectivity index (χ0n) is 13.6. The van der Waals surface area contributed by atoms with E-state index in [0.717, 1.165) is 34.7 Å². The molecular formula is C19H20N2OS. The minimum Gasteiger partial charge on any atom is -0.343 e. The highest BCUT2D eigenvalue weighted by atomic mass is 32.1. The molecule has 0 saturated carbocycles. The number of aryl methyl sites for hydroxylation is 2. The maximum Gasteiger partial charge on any atom is 0.257 e. The third kappa shape index (κ3) is 3.37. The molecule has 3 rings (SSSR count). The highest BCUT2D eigenvalue weighted by molar-refractivity contribution is 7.09. The predicted octanol–water partition coefficient (Wildman–Crippen LogP) is 4.78. The van der Waals surface area contributed by atoms with Gasteiger partial charge >= 0.3 is 0 Å². The van der Waals surface area contributed by atoms with E-state index in [1.807, 2.05) is 51.1 Å². The fourth-order valence-corrected chi connectivity index (χ4v) is 3.45. The van der Waals surface area contributed by atoms with Gasteiger partial charge in [-0.2, -0.15) is 0 Å². The second kappa shape index (κ2) is 6.42. The molecule has 3 nitrogen and oxygen atoms in total. The van der Waals surface area contributed by atoms with Crippen LogP contribution in [0.15, 0.2) is 47.8 Å². The summed E-state index contributed by atoms with van der Waals surface area (Å²) in [5, 5.41) is 5.07. The number of anilines is 1. The molecular weight excluding hydrogens is 304 g/mol. The molecule has 0 unspecified atom stereocenters. The Balaban J connectivity index is 1.84. The fourth-order valence-electron chi connectivity index (χ4n) is 2.75. The lowest BCUT2D eigenvalue weighted by molar-refractivity contribution is 0.102. The third-order valence-corrected chi connectivity index (χ3v) is 4.85. The van der Waals surface area contributed by atoms with Crippen LogP contribution >= 0.6 is 11.3 Å². The standard InChI is InChI=1S/C19H20N2OS/c1-13-6-4-7-16(10-13)20-19(22)18-11-14(2)21(15(18)3)12-17-8-5-9-23-17/h4-11H,12H2,1-3H3,(H,20,22). The summed E-state index contributed by atoms with van der Waals surface area (Å²) in [5.74, 6) is -0.0545. The van der Waals surface area contributed by atoms with Gasteiger partial charge in [0.25, 0.3) is 5.91 Å². The number of carbonyl (C=O) groups is 1. The van der Waals surface area contributed by atoms with E-state index in [1.165, 1.54) is 4.88 Å². The number of hydrogen-bond acceptors (Lipinski definition) is 2. The molecule has 0 fully saturated rings. The van der Waals surface area contributed by atoms with Crippen molar-refractivity contribution >= 4 is 22.9 Å². The molecule has 0 radical (unpaired) electrons. The van der Waals surface area contributed by atoms with Gasteiger partial charge in [-0.25, -0.2) is 0 Å². The maximum absolute atomic E-state index is 12.6. The molecule has 118 valence electrons. The molecule has 0 atom stereocenters. The van der Waals surface area contributed by atoms with E-state index in [4.69, 9.17) is 0 Å². The molecule has 2 aromatic heterocycles.